The van der Waals surface area contributed by atoms with Crippen LogP contribution in [0.2, 0.25) is 0 Å². The van der Waals surface area contributed by atoms with Gasteiger partial charge in [0.2, 0.25) is 0 Å². The van der Waals surface area contributed by atoms with Crippen molar-refractivity contribution in [3.05, 3.63) is 77.5 Å². The summed E-state index contributed by atoms with van der Waals surface area (Å²) >= 11 is 0. The second kappa shape index (κ2) is 4.65. The van der Waals surface area contributed by atoms with Crippen LogP contribution in [0.3, 0.4) is 0 Å². The average Bonchev–Trinajstić information content (AvgIpc) is 2.46. The van der Waals surface area contributed by atoms with Crippen molar-refractivity contribution in [2.24, 2.45) is 0 Å². The molecule has 1 heterocycles. The van der Waals surface area contributed by atoms with Crippen molar-refractivity contribution < 1.29 is 4.79 Å². The van der Waals surface area contributed by atoms with Gasteiger partial charge in [-0.25, -0.2) is 0 Å². The summed E-state index contributed by atoms with van der Waals surface area (Å²) in [4.78, 5) is 16.9. The lowest BCUT2D eigenvalue weighted by atomic mass is 9.98. The summed E-state index contributed by atoms with van der Waals surface area (Å²) in [6.45, 7) is 1.99. The molecular weight excluding hydrogens is 234 g/mol. The highest BCUT2D eigenvalue weighted by atomic mass is 16.1. The van der Waals surface area contributed by atoms with Gasteiger partial charge in [-0.05, 0) is 25.1 Å². The van der Waals surface area contributed by atoms with Gasteiger partial charge in [-0.3, -0.25) is 9.78 Å². The van der Waals surface area contributed by atoms with Gasteiger partial charge in [0, 0.05) is 22.7 Å². The van der Waals surface area contributed by atoms with Crippen LogP contribution in [0.1, 0.15) is 21.5 Å². The highest BCUT2D eigenvalue weighted by Gasteiger charge is 2.12. The average molecular weight is 247 g/mol. The maximum Gasteiger partial charge on any atom is 0.193 e. The van der Waals surface area contributed by atoms with Gasteiger partial charge >= 0.3 is 0 Å². The monoisotopic (exact) mass is 247 g/mol. The number of pyridine rings is 1. The zero-order valence-electron chi connectivity index (χ0n) is 10.6. The van der Waals surface area contributed by atoms with Crippen LogP contribution in [0.5, 0.6) is 0 Å². The lowest BCUT2D eigenvalue weighted by Gasteiger charge is -2.05. The summed E-state index contributed by atoms with van der Waals surface area (Å²) in [5.74, 6) is 0.0438. The normalized spacial score (nSPS) is 10.6. The van der Waals surface area contributed by atoms with E-state index in [0.29, 0.717) is 5.56 Å². The van der Waals surface area contributed by atoms with Gasteiger partial charge < -0.3 is 0 Å². The summed E-state index contributed by atoms with van der Waals surface area (Å²) in [5.41, 5.74) is 3.36. The minimum absolute atomic E-state index is 0.0438. The number of carbonyl (C=O) groups excluding carboxylic acids is 1. The van der Waals surface area contributed by atoms with Gasteiger partial charge in [0.15, 0.2) is 5.78 Å². The molecule has 0 amide bonds. The molecule has 2 nitrogen and oxygen atoms in total. The van der Waals surface area contributed by atoms with Crippen LogP contribution in [0.25, 0.3) is 10.9 Å². The minimum Gasteiger partial charge on any atom is -0.289 e. The van der Waals surface area contributed by atoms with E-state index in [1.807, 2.05) is 61.5 Å². The van der Waals surface area contributed by atoms with Crippen molar-refractivity contribution in [1.82, 2.24) is 4.98 Å². The molecule has 0 N–H and O–H groups in total. The second-order valence-corrected chi connectivity index (χ2v) is 4.57. The van der Waals surface area contributed by atoms with Crippen LogP contribution in [-0.2, 0) is 0 Å². The van der Waals surface area contributed by atoms with Crippen molar-refractivity contribution in [2.75, 3.05) is 0 Å². The van der Waals surface area contributed by atoms with Crippen LogP contribution >= 0.6 is 0 Å². The third kappa shape index (κ3) is 2.13. The minimum atomic E-state index is 0.0438. The Morgan fingerprint density at radius 2 is 1.84 bits per heavy atom. The third-order valence-corrected chi connectivity index (χ3v) is 3.17. The number of aryl methyl sites for hydroxylation is 1. The first-order valence-electron chi connectivity index (χ1n) is 6.21. The number of hydrogen-bond donors (Lipinski definition) is 0. The fraction of sp³-hybridized carbons (Fsp3) is 0.0588. The molecule has 3 aromatic rings. The zero-order chi connectivity index (χ0) is 13.2. The van der Waals surface area contributed by atoms with Crippen molar-refractivity contribution in [3.63, 3.8) is 0 Å². The first kappa shape index (κ1) is 11.6. The molecule has 0 atom stereocenters. The lowest BCUT2D eigenvalue weighted by Crippen LogP contribution is -2.02. The molecule has 0 aliphatic carbocycles. The maximum absolute atomic E-state index is 12.6. The Bertz CT molecular complexity index is 757. The number of benzene rings is 2. The Morgan fingerprint density at radius 3 is 2.68 bits per heavy atom. The number of carbonyl (C=O) groups is 1. The molecule has 0 spiro atoms. The Balaban J connectivity index is 2.17. The topological polar surface area (TPSA) is 30.0 Å². The first-order chi connectivity index (χ1) is 9.25. The predicted molar refractivity (Wildman–Crippen MR) is 76.4 cm³/mol. The number of aromatic nitrogens is 1. The van der Waals surface area contributed by atoms with Gasteiger partial charge in [-0.15, -0.1) is 0 Å². The highest BCUT2D eigenvalue weighted by molar-refractivity contribution is 6.16. The molecule has 2 aromatic carbocycles. The number of rotatable bonds is 2. The smallest absolute Gasteiger partial charge is 0.193 e. The van der Waals surface area contributed by atoms with Gasteiger partial charge in [0.1, 0.15) is 0 Å². The van der Waals surface area contributed by atoms with Gasteiger partial charge in [0.25, 0.3) is 0 Å². The Hall–Kier alpha value is -2.48. The second-order valence-electron chi connectivity index (χ2n) is 4.57. The van der Waals surface area contributed by atoms with E-state index in [4.69, 9.17) is 0 Å². The quantitative estimate of drug-likeness (QED) is 0.645. The van der Waals surface area contributed by atoms with Crippen LogP contribution in [0.15, 0.2) is 60.8 Å². The van der Waals surface area contributed by atoms with Crippen molar-refractivity contribution in [1.29, 1.82) is 0 Å². The summed E-state index contributed by atoms with van der Waals surface area (Å²) in [6.07, 6.45) is 1.74. The Labute approximate surface area is 111 Å². The molecule has 0 saturated heterocycles. The predicted octanol–water partition coefficient (Wildman–Crippen LogP) is 3.77. The molecule has 0 saturated carbocycles. The van der Waals surface area contributed by atoms with E-state index in [0.717, 1.165) is 22.0 Å². The van der Waals surface area contributed by atoms with Gasteiger partial charge in [-0.1, -0.05) is 42.0 Å². The molecule has 2 heteroatoms. The molecule has 1 aromatic heterocycles. The molecule has 19 heavy (non-hydrogen) atoms. The van der Waals surface area contributed by atoms with Crippen LogP contribution in [-0.4, -0.2) is 10.8 Å². The third-order valence-electron chi connectivity index (χ3n) is 3.17. The molecule has 0 fully saturated rings. The summed E-state index contributed by atoms with van der Waals surface area (Å²) in [5, 5.41) is 0.900. The standard InChI is InChI=1S/C17H13NO/c1-12-5-2-6-13(11-12)17(19)15-7-3-9-16-14(15)8-4-10-18-16/h2-11H,1H3. The van der Waals surface area contributed by atoms with E-state index in [1.165, 1.54) is 0 Å². The summed E-state index contributed by atoms with van der Waals surface area (Å²) in [6, 6.07) is 17.1. The number of hydrogen-bond acceptors (Lipinski definition) is 2. The molecule has 0 unspecified atom stereocenters. The maximum atomic E-state index is 12.6. The largest absolute Gasteiger partial charge is 0.289 e. The highest BCUT2D eigenvalue weighted by Crippen LogP contribution is 2.20. The first-order valence-corrected chi connectivity index (χ1v) is 6.21. The van der Waals surface area contributed by atoms with E-state index in [2.05, 4.69) is 4.98 Å². The van der Waals surface area contributed by atoms with E-state index in [-0.39, 0.29) is 5.78 Å². The van der Waals surface area contributed by atoms with Crippen molar-refractivity contribution >= 4 is 16.7 Å². The fourth-order valence-corrected chi connectivity index (χ4v) is 2.24. The van der Waals surface area contributed by atoms with E-state index in [1.54, 1.807) is 6.20 Å². The Kier molecular flexibility index (Phi) is 2.84. The number of ketones is 1. The summed E-state index contributed by atoms with van der Waals surface area (Å²) in [7, 11) is 0. The molecule has 0 aliphatic heterocycles. The number of fused-ring (bicyclic) bond motifs is 1. The molecule has 0 aliphatic rings. The van der Waals surface area contributed by atoms with E-state index < -0.39 is 0 Å². The molecule has 3 rings (SSSR count). The van der Waals surface area contributed by atoms with Crippen LogP contribution in [0.4, 0.5) is 0 Å². The number of nitrogens with zero attached hydrogens (tertiary/aromatic N) is 1. The van der Waals surface area contributed by atoms with E-state index in [9.17, 15) is 4.79 Å². The van der Waals surface area contributed by atoms with Gasteiger partial charge in [-0.2, -0.15) is 0 Å². The molecule has 0 bridgehead atoms. The molecular formula is C17H13NO. The SMILES string of the molecule is Cc1cccc(C(=O)c2cccc3ncccc23)c1. The van der Waals surface area contributed by atoms with Crippen molar-refractivity contribution in [2.45, 2.75) is 6.92 Å². The molecule has 92 valence electrons. The van der Waals surface area contributed by atoms with Gasteiger partial charge in [0.05, 0.1) is 5.52 Å². The lowest BCUT2D eigenvalue weighted by molar-refractivity contribution is 0.104. The molecule has 0 radical (unpaired) electrons. The van der Waals surface area contributed by atoms with Crippen LogP contribution < -0.4 is 0 Å². The summed E-state index contributed by atoms with van der Waals surface area (Å²) < 4.78 is 0. The Morgan fingerprint density at radius 1 is 1.00 bits per heavy atom. The fourth-order valence-electron chi connectivity index (χ4n) is 2.24. The van der Waals surface area contributed by atoms with Crippen molar-refractivity contribution in [3.8, 4) is 0 Å². The van der Waals surface area contributed by atoms with E-state index >= 15 is 0 Å². The van der Waals surface area contributed by atoms with Crippen LogP contribution in [0, 0.1) is 6.92 Å². The zero-order valence-corrected chi connectivity index (χ0v) is 10.6.